The molecule has 0 saturated carbocycles. The van der Waals surface area contributed by atoms with Crippen molar-refractivity contribution in [3.8, 4) is 0 Å². The normalized spacial score (nSPS) is 17.2. The molecule has 2 aromatic rings. The number of rotatable bonds is 8. The first kappa shape index (κ1) is 20.6. The third kappa shape index (κ3) is 5.45. The molecule has 2 N–H and O–H groups in total. The van der Waals surface area contributed by atoms with E-state index in [4.69, 9.17) is 4.74 Å². The molecule has 1 aromatic heterocycles. The highest BCUT2D eigenvalue weighted by Gasteiger charge is 2.23. The lowest BCUT2D eigenvalue weighted by Crippen LogP contribution is -2.52. The number of ether oxygens (including phenoxy) is 1. The van der Waals surface area contributed by atoms with Crippen molar-refractivity contribution >= 4 is 17.0 Å². The van der Waals surface area contributed by atoms with Crippen molar-refractivity contribution in [1.29, 1.82) is 0 Å². The third-order valence-electron chi connectivity index (χ3n) is 5.38. The topological polar surface area (TPSA) is 66.7 Å². The Hall–Kier alpha value is -2.12. The number of hydrogen-bond donors (Lipinski definition) is 2. The van der Waals surface area contributed by atoms with Crippen molar-refractivity contribution in [2.45, 2.75) is 32.9 Å². The van der Waals surface area contributed by atoms with Gasteiger partial charge in [0.25, 0.3) is 0 Å². The summed E-state index contributed by atoms with van der Waals surface area (Å²) < 4.78 is 7.70. The summed E-state index contributed by atoms with van der Waals surface area (Å²) in [5.41, 5.74) is 2.24. The quantitative estimate of drug-likeness (QED) is 0.412. The van der Waals surface area contributed by atoms with Gasteiger partial charge >= 0.3 is 0 Å². The fourth-order valence-electron chi connectivity index (χ4n) is 3.76. The van der Waals surface area contributed by atoms with Gasteiger partial charge in [0.1, 0.15) is 0 Å². The first-order chi connectivity index (χ1) is 13.7. The molecule has 7 heteroatoms. The Balaban J connectivity index is 1.42. The number of hydrogen-bond acceptors (Lipinski definition) is 4. The first-order valence-corrected chi connectivity index (χ1v) is 10.3. The van der Waals surface area contributed by atoms with E-state index in [1.54, 1.807) is 0 Å². The molecule has 1 aliphatic heterocycles. The summed E-state index contributed by atoms with van der Waals surface area (Å²) in [6.45, 7) is 11.0. The Morgan fingerprint density at radius 3 is 2.75 bits per heavy atom. The van der Waals surface area contributed by atoms with Gasteiger partial charge in [-0.15, -0.1) is 0 Å². The fourth-order valence-corrected chi connectivity index (χ4v) is 3.76. The molecule has 3 rings (SSSR count). The molecule has 1 fully saturated rings. The molecule has 1 unspecified atom stereocenters. The zero-order valence-electron chi connectivity index (χ0n) is 17.4. The van der Waals surface area contributed by atoms with E-state index in [9.17, 15) is 0 Å². The summed E-state index contributed by atoms with van der Waals surface area (Å²) in [7, 11) is 1.83. The maximum Gasteiger partial charge on any atom is 0.191 e. The van der Waals surface area contributed by atoms with E-state index in [0.717, 1.165) is 63.8 Å². The number of aromatic nitrogens is 2. The molecule has 1 atom stereocenters. The molecule has 2 heterocycles. The van der Waals surface area contributed by atoms with Gasteiger partial charge in [-0.3, -0.25) is 9.89 Å². The summed E-state index contributed by atoms with van der Waals surface area (Å²) in [5, 5.41) is 6.95. The van der Waals surface area contributed by atoms with Gasteiger partial charge in [-0.25, -0.2) is 4.98 Å². The van der Waals surface area contributed by atoms with E-state index >= 15 is 0 Å². The second-order valence-corrected chi connectivity index (χ2v) is 7.62. The van der Waals surface area contributed by atoms with Crippen LogP contribution in [0.15, 0.2) is 35.6 Å². The number of imidazole rings is 1. The second-order valence-electron chi connectivity index (χ2n) is 7.62. The first-order valence-electron chi connectivity index (χ1n) is 10.3. The lowest BCUT2D eigenvalue weighted by Gasteiger charge is -2.37. The van der Waals surface area contributed by atoms with Crippen LogP contribution in [0.2, 0.25) is 0 Å². The number of aliphatic imine (C=N–C) groups is 1. The third-order valence-corrected chi connectivity index (χ3v) is 5.38. The Bertz CT molecular complexity index is 750. The van der Waals surface area contributed by atoms with Crippen LogP contribution in [0, 0.1) is 5.92 Å². The summed E-state index contributed by atoms with van der Waals surface area (Å²) in [4.78, 5) is 11.4. The molecule has 0 aliphatic carbocycles. The Morgan fingerprint density at radius 1 is 1.21 bits per heavy atom. The fraction of sp³-hybridized carbons (Fsp3) is 0.619. The summed E-state index contributed by atoms with van der Waals surface area (Å²) in [5.74, 6) is 1.45. The highest BCUT2D eigenvalue weighted by molar-refractivity contribution is 5.79. The van der Waals surface area contributed by atoms with Gasteiger partial charge in [0, 0.05) is 45.8 Å². The van der Waals surface area contributed by atoms with Gasteiger partial charge in [-0.2, -0.15) is 0 Å². The number of nitrogens with one attached hydrogen (secondary N) is 2. The van der Waals surface area contributed by atoms with Crippen LogP contribution >= 0.6 is 0 Å². The van der Waals surface area contributed by atoms with E-state index in [0.29, 0.717) is 12.0 Å². The summed E-state index contributed by atoms with van der Waals surface area (Å²) >= 11 is 0. The van der Waals surface area contributed by atoms with Gasteiger partial charge in [0.2, 0.25) is 0 Å². The van der Waals surface area contributed by atoms with Crippen LogP contribution in [0.4, 0.5) is 0 Å². The van der Waals surface area contributed by atoms with Crippen LogP contribution in [0.1, 0.15) is 20.3 Å². The van der Waals surface area contributed by atoms with E-state index in [2.05, 4.69) is 62.1 Å². The maximum atomic E-state index is 5.49. The minimum Gasteiger partial charge on any atom is -0.379 e. The van der Waals surface area contributed by atoms with E-state index in [-0.39, 0.29) is 0 Å². The molecular weight excluding hydrogens is 352 g/mol. The van der Waals surface area contributed by atoms with E-state index in [1.165, 1.54) is 5.52 Å². The zero-order chi connectivity index (χ0) is 19.8. The van der Waals surface area contributed by atoms with Gasteiger partial charge in [0.15, 0.2) is 5.96 Å². The largest absolute Gasteiger partial charge is 0.379 e. The highest BCUT2D eigenvalue weighted by Crippen LogP contribution is 2.13. The minimum atomic E-state index is 0.486. The Kier molecular flexibility index (Phi) is 7.68. The molecule has 0 amide bonds. The van der Waals surface area contributed by atoms with Crippen LogP contribution in [0.25, 0.3) is 11.0 Å². The summed E-state index contributed by atoms with van der Waals surface area (Å²) in [6.07, 6.45) is 2.94. The Morgan fingerprint density at radius 2 is 2.00 bits per heavy atom. The summed E-state index contributed by atoms with van der Waals surface area (Å²) in [6, 6.07) is 8.74. The smallest absolute Gasteiger partial charge is 0.191 e. The van der Waals surface area contributed by atoms with Crippen molar-refractivity contribution in [3.63, 3.8) is 0 Å². The van der Waals surface area contributed by atoms with Gasteiger partial charge in [-0.05, 0) is 24.5 Å². The van der Waals surface area contributed by atoms with Crippen molar-refractivity contribution < 1.29 is 4.74 Å². The lowest BCUT2D eigenvalue weighted by molar-refractivity contribution is 0.00752. The number of nitrogens with zero attached hydrogens (tertiary/aromatic N) is 4. The molecule has 0 radical (unpaired) electrons. The van der Waals surface area contributed by atoms with Crippen molar-refractivity contribution in [3.05, 3.63) is 30.6 Å². The van der Waals surface area contributed by atoms with E-state index in [1.807, 2.05) is 19.4 Å². The van der Waals surface area contributed by atoms with Crippen molar-refractivity contribution in [1.82, 2.24) is 25.1 Å². The predicted octanol–water partition coefficient (Wildman–Crippen LogP) is 1.95. The van der Waals surface area contributed by atoms with Crippen LogP contribution in [0.3, 0.4) is 0 Å². The molecule has 1 aliphatic rings. The number of para-hydroxylation sites is 2. The number of guanidine groups is 1. The monoisotopic (exact) mass is 386 g/mol. The van der Waals surface area contributed by atoms with Crippen LogP contribution < -0.4 is 10.6 Å². The standard InChI is InChI=1S/C21H34N6O/c1-17(2)20(26-11-13-28-14-12-26)15-24-21(22-3)23-9-6-10-27-16-25-18-7-4-5-8-19(18)27/h4-5,7-8,16-17,20H,6,9-15H2,1-3H3,(H2,22,23,24). The second kappa shape index (κ2) is 10.4. The SMILES string of the molecule is CN=C(NCCCn1cnc2ccccc21)NCC(C(C)C)N1CCOCC1. The average molecular weight is 387 g/mol. The number of benzene rings is 1. The van der Waals surface area contributed by atoms with E-state index < -0.39 is 0 Å². The van der Waals surface area contributed by atoms with Gasteiger partial charge in [-0.1, -0.05) is 26.0 Å². The Labute approximate surface area is 168 Å². The zero-order valence-corrected chi connectivity index (χ0v) is 17.4. The number of morpholine rings is 1. The molecular formula is C21H34N6O. The van der Waals surface area contributed by atoms with Crippen molar-refractivity contribution in [2.75, 3.05) is 46.4 Å². The minimum absolute atomic E-state index is 0.486. The number of aryl methyl sites for hydroxylation is 1. The highest BCUT2D eigenvalue weighted by atomic mass is 16.5. The lowest BCUT2D eigenvalue weighted by atomic mass is 10.0. The predicted molar refractivity (Wildman–Crippen MR) is 115 cm³/mol. The molecule has 0 bridgehead atoms. The van der Waals surface area contributed by atoms with Crippen LogP contribution in [-0.2, 0) is 11.3 Å². The molecule has 7 nitrogen and oxygen atoms in total. The van der Waals surface area contributed by atoms with Gasteiger partial charge < -0.3 is 19.9 Å². The molecule has 0 spiro atoms. The average Bonchev–Trinajstić information content (AvgIpc) is 3.13. The molecule has 28 heavy (non-hydrogen) atoms. The number of fused-ring (bicyclic) bond motifs is 1. The van der Waals surface area contributed by atoms with Crippen molar-refractivity contribution in [2.24, 2.45) is 10.9 Å². The molecule has 1 aromatic carbocycles. The molecule has 154 valence electrons. The molecule has 1 saturated heterocycles. The maximum absolute atomic E-state index is 5.49. The van der Waals surface area contributed by atoms with Crippen LogP contribution in [0.5, 0.6) is 0 Å². The van der Waals surface area contributed by atoms with Crippen LogP contribution in [-0.4, -0.2) is 72.9 Å². The van der Waals surface area contributed by atoms with Gasteiger partial charge in [0.05, 0.1) is 30.6 Å².